The molecule has 1 aliphatic heterocycles. The minimum absolute atomic E-state index is 0.193. The van der Waals surface area contributed by atoms with E-state index in [4.69, 9.17) is 4.74 Å². The van der Waals surface area contributed by atoms with Gasteiger partial charge in [0.05, 0.1) is 11.7 Å². The lowest BCUT2D eigenvalue weighted by Gasteiger charge is -2.41. The van der Waals surface area contributed by atoms with E-state index in [0.717, 1.165) is 0 Å². The van der Waals surface area contributed by atoms with Crippen LogP contribution in [0, 0.1) is 0 Å². The van der Waals surface area contributed by atoms with Crippen LogP contribution in [0.2, 0.25) is 0 Å². The Labute approximate surface area is 82.0 Å². The maximum atomic E-state index is 12.2. The van der Waals surface area contributed by atoms with E-state index in [0.29, 0.717) is 0 Å². The van der Waals surface area contributed by atoms with Crippen LogP contribution >= 0.6 is 0 Å². The summed E-state index contributed by atoms with van der Waals surface area (Å²) in [5.41, 5.74) is -0.539. The third-order valence-corrected chi connectivity index (χ3v) is 2.07. The second kappa shape index (κ2) is 3.81. The summed E-state index contributed by atoms with van der Waals surface area (Å²) in [6.07, 6.45) is -3.11. The smallest absolute Gasteiger partial charge is 0.315 e. The van der Waals surface area contributed by atoms with Crippen molar-refractivity contribution in [3.8, 4) is 0 Å². The number of hydrogen-bond acceptors (Lipinski definition) is 2. The maximum Gasteiger partial charge on any atom is 0.315 e. The van der Waals surface area contributed by atoms with Crippen molar-refractivity contribution in [2.24, 2.45) is 0 Å². The number of morpholine rings is 1. The molecule has 0 aromatic heterocycles. The van der Waals surface area contributed by atoms with Gasteiger partial charge in [0, 0.05) is 13.1 Å². The summed E-state index contributed by atoms with van der Waals surface area (Å²) >= 11 is 0. The van der Waals surface area contributed by atoms with Crippen LogP contribution in [0.1, 0.15) is 20.8 Å². The van der Waals surface area contributed by atoms with Crippen LogP contribution in [0.3, 0.4) is 0 Å². The molecule has 82 valence electrons. The number of ether oxygens (including phenoxy) is 1. The number of amides is 1. The highest BCUT2D eigenvalue weighted by Crippen LogP contribution is 2.21. The zero-order chi connectivity index (χ0) is 10.9. The molecule has 0 aromatic rings. The summed E-state index contributed by atoms with van der Waals surface area (Å²) in [6, 6.07) is 0. The molecule has 1 atom stereocenters. The second-order valence-electron chi connectivity index (χ2n) is 4.21. The number of carbonyl (C=O) groups excluding carboxylic acids is 1. The summed E-state index contributed by atoms with van der Waals surface area (Å²) in [6.45, 7) is 5.81. The molecule has 1 saturated heterocycles. The molecule has 1 fully saturated rings. The molecule has 5 heteroatoms. The number of hydrogen-bond donors (Lipinski definition) is 0. The molecule has 1 amide bonds. The molecule has 0 bridgehead atoms. The van der Waals surface area contributed by atoms with Gasteiger partial charge in [0.1, 0.15) is 0 Å². The third-order valence-electron chi connectivity index (χ3n) is 2.07. The minimum atomic E-state index is -2.92. The topological polar surface area (TPSA) is 29.5 Å². The number of carbonyl (C=O) groups is 1. The van der Waals surface area contributed by atoms with E-state index in [2.05, 4.69) is 0 Å². The van der Waals surface area contributed by atoms with E-state index in [1.807, 2.05) is 0 Å². The highest BCUT2D eigenvalue weighted by atomic mass is 19.3. The zero-order valence-corrected chi connectivity index (χ0v) is 8.59. The fourth-order valence-corrected chi connectivity index (χ4v) is 1.76. The lowest BCUT2D eigenvalue weighted by molar-refractivity contribution is -0.167. The van der Waals surface area contributed by atoms with Crippen molar-refractivity contribution >= 4 is 5.91 Å². The molecule has 0 aromatic carbocycles. The largest absolute Gasteiger partial charge is 0.369 e. The number of halogens is 2. The van der Waals surface area contributed by atoms with Gasteiger partial charge in [-0.05, 0) is 20.8 Å². The summed E-state index contributed by atoms with van der Waals surface area (Å²) in [7, 11) is 0. The van der Waals surface area contributed by atoms with Crippen LogP contribution < -0.4 is 0 Å². The summed E-state index contributed by atoms with van der Waals surface area (Å²) in [5, 5.41) is 0. The lowest BCUT2D eigenvalue weighted by atomic mass is 10.1. The van der Waals surface area contributed by atoms with E-state index in [1.54, 1.807) is 20.8 Å². The average Bonchev–Trinajstić information content (AvgIpc) is 1.98. The molecule has 3 nitrogen and oxygen atoms in total. The highest BCUT2D eigenvalue weighted by Gasteiger charge is 2.36. The van der Waals surface area contributed by atoms with Crippen molar-refractivity contribution in [1.29, 1.82) is 0 Å². The molecule has 0 N–H and O–H groups in total. The second-order valence-corrected chi connectivity index (χ2v) is 4.21. The Hall–Kier alpha value is -0.710. The van der Waals surface area contributed by atoms with Crippen LogP contribution in [-0.2, 0) is 9.53 Å². The molecule has 1 rings (SSSR count). The van der Waals surface area contributed by atoms with Gasteiger partial charge in [-0.1, -0.05) is 0 Å². The number of alkyl halides is 2. The Morgan fingerprint density at radius 3 is 2.57 bits per heavy atom. The van der Waals surface area contributed by atoms with Gasteiger partial charge in [0.2, 0.25) is 0 Å². The van der Waals surface area contributed by atoms with Gasteiger partial charge in [0.25, 0.3) is 5.91 Å². The van der Waals surface area contributed by atoms with Crippen molar-refractivity contribution < 1.29 is 18.3 Å². The van der Waals surface area contributed by atoms with Gasteiger partial charge in [0.15, 0.2) is 0 Å². The van der Waals surface area contributed by atoms with Crippen molar-refractivity contribution in [3.63, 3.8) is 0 Å². The summed E-state index contributed by atoms with van der Waals surface area (Å²) in [4.78, 5) is 12.2. The van der Waals surface area contributed by atoms with E-state index < -0.39 is 17.9 Å². The first-order chi connectivity index (χ1) is 6.32. The van der Waals surface area contributed by atoms with Crippen molar-refractivity contribution in [2.75, 3.05) is 13.1 Å². The zero-order valence-electron chi connectivity index (χ0n) is 8.59. The van der Waals surface area contributed by atoms with Crippen LogP contribution in [0.15, 0.2) is 0 Å². The highest BCUT2D eigenvalue weighted by molar-refractivity contribution is 5.79. The van der Waals surface area contributed by atoms with E-state index in [1.165, 1.54) is 4.90 Å². The molecular formula is C9H15F2NO2. The Bertz CT molecular complexity index is 231. The van der Waals surface area contributed by atoms with Gasteiger partial charge in [-0.2, -0.15) is 8.78 Å². The molecule has 0 aliphatic carbocycles. The molecular weight excluding hydrogens is 192 g/mol. The first-order valence-corrected chi connectivity index (χ1v) is 4.56. The number of nitrogens with zero attached hydrogens (tertiary/aromatic N) is 1. The first kappa shape index (κ1) is 11.4. The molecule has 1 aliphatic rings. The monoisotopic (exact) mass is 207 g/mol. The fourth-order valence-electron chi connectivity index (χ4n) is 1.76. The van der Waals surface area contributed by atoms with Gasteiger partial charge >= 0.3 is 6.43 Å². The summed E-state index contributed by atoms with van der Waals surface area (Å²) in [5.74, 6) is -1.10. The predicted octanol–water partition coefficient (Wildman–Crippen LogP) is 1.28. The fraction of sp³-hybridized carbons (Fsp3) is 0.889. The number of rotatable bonds is 1. The minimum Gasteiger partial charge on any atom is -0.369 e. The van der Waals surface area contributed by atoms with Crippen molar-refractivity contribution in [2.45, 2.75) is 38.9 Å². The van der Waals surface area contributed by atoms with Gasteiger partial charge in [-0.25, -0.2) is 0 Å². The molecule has 14 heavy (non-hydrogen) atoms. The normalized spacial score (nSPS) is 26.7. The Balaban J connectivity index is 2.67. The van der Waals surface area contributed by atoms with Crippen LogP contribution in [-0.4, -0.2) is 42.0 Å². The molecule has 1 heterocycles. The van der Waals surface area contributed by atoms with Gasteiger partial charge < -0.3 is 9.64 Å². The standard InChI is InChI=1S/C9H15F2NO2/c1-6-4-12(8(13)7(10)11)5-9(2,3)14-6/h6-7H,4-5H2,1-3H3. The first-order valence-electron chi connectivity index (χ1n) is 4.56. The van der Waals surface area contributed by atoms with Crippen molar-refractivity contribution in [1.82, 2.24) is 4.90 Å². The molecule has 0 saturated carbocycles. The third kappa shape index (κ3) is 2.64. The van der Waals surface area contributed by atoms with Gasteiger partial charge in [-0.15, -0.1) is 0 Å². The lowest BCUT2D eigenvalue weighted by Crippen LogP contribution is -2.55. The van der Waals surface area contributed by atoms with E-state index in [-0.39, 0.29) is 19.2 Å². The Morgan fingerprint density at radius 1 is 1.57 bits per heavy atom. The quantitative estimate of drug-likeness (QED) is 0.648. The van der Waals surface area contributed by atoms with Crippen molar-refractivity contribution in [3.05, 3.63) is 0 Å². The Kier molecular flexibility index (Phi) is 3.09. The van der Waals surface area contributed by atoms with Gasteiger partial charge in [-0.3, -0.25) is 4.79 Å². The molecule has 1 unspecified atom stereocenters. The van der Waals surface area contributed by atoms with Crippen LogP contribution in [0.25, 0.3) is 0 Å². The predicted molar refractivity (Wildman–Crippen MR) is 47.2 cm³/mol. The Morgan fingerprint density at radius 2 is 2.14 bits per heavy atom. The summed E-state index contributed by atoms with van der Waals surface area (Å²) < 4.78 is 29.8. The average molecular weight is 207 g/mol. The maximum absolute atomic E-state index is 12.2. The van der Waals surface area contributed by atoms with E-state index in [9.17, 15) is 13.6 Å². The molecule has 0 radical (unpaired) electrons. The SMILES string of the molecule is CC1CN(C(=O)C(F)F)CC(C)(C)O1. The van der Waals surface area contributed by atoms with Crippen LogP contribution in [0.5, 0.6) is 0 Å². The van der Waals surface area contributed by atoms with E-state index >= 15 is 0 Å². The van der Waals surface area contributed by atoms with Crippen LogP contribution in [0.4, 0.5) is 8.78 Å². The molecule has 0 spiro atoms.